The molecule has 1 aliphatic carbocycles. The zero-order valence-electron chi connectivity index (χ0n) is 18.6. The predicted molar refractivity (Wildman–Crippen MR) is 128 cm³/mol. The molecule has 168 valence electrons. The van der Waals surface area contributed by atoms with Gasteiger partial charge in [-0.1, -0.05) is 12.1 Å². The molecular formula is C24H26N8O. The first kappa shape index (κ1) is 20.9. The van der Waals surface area contributed by atoms with Crippen molar-refractivity contribution in [3.05, 3.63) is 66.1 Å². The van der Waals surface area contributed by atoms with Gasteiger partial charge >= 0.3 is 0 Å². The fraction of sp³-hybridized carbons (Fsp3) is 0.292. The number of aromatic nitrogens is 5. The third-order valence-electron chi connectivity index (χ3n) is 5.56. The van der Waals surface area contributed by atoms with E-state index in [1.165, 1.54) is 12.8 Å². The fourth-order valence-electron chi connectivity index (χ4n) is 3.52. The van der Waals surface area contributed by atoms with Crippen LogP contribution < -0.4 is 16.0 Å². The van der Waals surface area contributed by atoms with Crippen LogP contribution in [-0.4, -0.2) is 36.7 Å². The molecular weight excluding hydrogens is 416 g/mol. The van der Waals surface area contributed by atoms with Crippen molar-refractivity contribution in [3.8, 4) is 0 Å². The molecule has 1 atom stereocenters. The molecule has 9 heteroatoms. The Balaban J connectivity index is 1.24. The molecule has 1 aliphatic rings. The fourth-order valence-corrected chi connectivity index (χ4v) is 3.52. The minimum atomic E-state index is -0.193. The Morgan fingerprint density at radius 3 is 2.79 bits per heavy atom. The van der Waals surface area contributed by atoms with Crippen molar-refractivity contribution in [2.75, 3.05) is 16.0 Å². The second kappa shape index (κ2) is 8.85. The molecule has 9 nitrogen and oxygen atoms in total. The molecule has 0 bridgehead atoms. The standard InChI is InChI=1S/C24H26N8O/c1-3-32-14-20-23(31-32)30-22(13-25-20)27-15(2)16-5-4-6-19(11-16)29-24(33)17-7-10-21(26-12-17)28-18-8-9-18/h4-7,10-15,18H,3,8-9H2,1-2H3,(H,26,28)(H,29,33)(H,27,30,31)/t15-/m0/s1. The summed E-state index contributed by atoms with van der Waals surface area (Å²) in [7, 11) is 0. The first-order valence-electron chi connectivity index (χ1n) is 11.2. The number of hydrogen-bond acceptors (Lipinski definition) is 7. The third kappa shape index (κ3) is 4.92. The highest BCUT2D eigenvalue weighted by Gasteiger charge is 2.21. The van der Waals surface area contributed by atoms with Crippen molar-refractivity contribution in [3.63, 3.8) is 0 Å². The molecule has 5 rings (SSSR count). The van der Waals surface area contributed by atoms with Crippen LogP contribution >= 0.6 is 0 Å². The molecule has 1 fully saturated rings. The minimum absolute atomic E-state index is 0.0451. The molecule has 0 saturated heterocycles. The van der Waals surface area contributed by atoms with Gasteiger partial charge in [0, 0.05) is 24.5 Å². The van der Waals surface area contributed by atoms with Gasteiger partial charge in [-0.3, -0.25) is 9.48 Å². The van der Waals surface area contributed by atoms with Crippen LogP contribution in [0.25, 0.3) is 11.2 Å². The lowest BCUT2D eigenvalue weighted by atomic mass is 10.1. The first-order valence-corrected chi connectivity index (χ1v) is 11.2. The molecule has 3 aromatic heterocycles. The average molecular weight is 443 g/mol. The molecule has 0 aliphatic heterocycles. The van der Waals surface area contributed by atoms with Gasteiger partial charge in [-0.25, -0.2) is 15.0 Å². The van der Waals surface area contributed by atoms with E-state index in [-0.39, 0.29) is 11.9 Å². The van der Waals surface area contributed by atoms with E-state index in [0.29, 0.717) is 23.1 Å². The summed E-state index contributed by atoms with van der Waals surface area (Å²) in [6.07, 6.45) is 7.55. The molecule has 1 aromatic carbocycles. The Morgan fingerprint density at radius 2 is 2.03 bits per heavy atom. The third-order valence-corrected chi connectivity index (χ3v) is 5.56. The highest BCUT2D eigenvalue weighted by atomic mass is 16.1. The largest absolute Gasteiger partial charge is 0.367 e. The Labute approximate surface area is 191 Å². The summed E-state index contributed by atoms with van der Waals surface area (Å²) in [6.45, 7) is 4.83. The predicted octanol–water partition coefficient (Wildman–Crippen LogP) is 4.24. The van der Waals surface area contributed by atoms with E-state index in [1.54, 1.807) is 18.5 Å². The van der Waals surface area contributed by atoms with E-state index < -0.39 is 0 Å². The number of pyridine rings is 1. The van der Waals surface area contributed by atoms with Crippen LogP contribution in [0, 0.1) is 0 Å². The van der Waals surface area contributed by atoms with Crippen LogP contribution in [0.1, 0.15) is 48.7 Å². The van der Waals surface area contributed by atoms with E-state index in [2.05, 4.69) is 36.0 Å². The molecule has 3 heterocycles. The van der Waals surface area contributed by atoms with E-state index >= 15 is 0 Å². The maximum absolute atomic E-state index is 12.7. The summed E-state index contributed by atoms with van der Waals surface area (Å²) in [5.41, 5.74) is 3.63. The summed E-state index contributed by atoms with van der Waals surface area (Å²) in [4.78, 5) is 26.0. The molecule has 0 spiro atoms. The number of amides is 1. The van der Waals surface area contributed by atoms with Gasteiger partial charge in [-0.2, -0.15) is 5.10 Å². The van der Waals surface area contributed by atoms with Gasteiger partial charge in [0.15, 0.2) is 0 Å². The van der Waals surface area contributed by atoms with E-state index in [1.807, 2.05) is 55.1 Å². The number of benzene rings is 1. The average Bonchev–Trinajstić information content (AvgIpc) is 3.55. The van der Waals surface area contributed by atoms with Gasteiger partial charge in [-0.05, 0) is 56.5 Å². The zero-order valence-corrected chi connectivity index (χ0v) is 18.6. The number of nitrogens with one attached hydrogen (secondary N) is 3. The van der Waals surface area contributed by atoms with Gasteiger partial charge in [0.05, 0.1) is 24.0 Å². The van der Waals surface area contributed by atoms with Crippen molar-refractivity contribution in [2.45, 2.75) is 45.3 Å². The van der Waals surface area contributed by atoms with Crippen molar-refractivity contribution in [1.82, 2.24) is 24.7 Å². The highest BCUT2D eigenvalue weighted by molar-refractivity contribution is 6.04. The zero-order chi connectivity index (χ0) is 22.8. The van der Waals surface area contributed by atoms with E-state index in [0.717, 1.165) is 29.1 Å². The van der Waals surface area contributed by atoms with Gasteiger partial charge in [-0.15, -0.1) is 0 Å². The number of fused-ring (bicyclic) bond motifs is 1. The molecule has 4 aromatic rings. The Hall–Kier alpha value is -4.01. The summed E-state index contributed by atoms with van der Waals surface area (Å²) in [5.74, 6) is 1.26. The molecule has 0 radical (unpaired) electrons. The van der Waals surface area contributed by atoms with E-state index in [9.17, 15) is 4.79 Å². The number of rotatable bonds is 8. The summed E-state index contributed by atoms with van der Waals surface area (Å²) in [5, 5.41) is 14.1. The van der Waals surface area contributed by atoms with Crippen LogP contribution in [0.15, 0.2) is 55.0 Å². The number of carbonyl (C=O) groups excluding carboxylic acids is 1. The topological polar surface area (TPSA) is 110 Å². The first-order chi connectivity index (χ1) is 16.1. The Morgan fingerprint density at radius 1 is 1.15 bits per heavy atom. The van der Waals surface area contributed by atoms with E-state index in [4.69, 9.17) is 0 Å². The van der Waals surface area contributed by atoms with Gasteiger partial charge in [0.25, 0.3) is 5.91 Å². The Kier molecular flexibility index (Phi) is 5.60. The van der Waals surface area contributed by atoms with Gasteiger partial charge in [0.1, 0.15) is 17.2 Å². The summed E-state index contributed by atoms with van der Waals surface area (Å²) >= 11 is 0. The second-order valence-corrected chi connectivity index (χ2v) is 8.25. The highest BCUT2D eigenvalue weighted by Crippen LogP contribution is 2.24. The molecule has 1 amide bonds. The summed E-state index contributed by atoms with van der Waals surface area (Å²) in [6, 6.07) is 11.9. The molecule has 3 N–H and O–H groups in total. The molecule has 1 saturated carbocycles. The number of anilines is 3. The van der Waals surface area contributed by atoms with Crippen molar-refractivity contribution < 1.29 is 4.79 Å². The maximum Gasteiger partial charge on any atom is 0.257 e. The van der Waals surface area contributed by atoms with Crippen molar-refractivity contribution >= 4 is 34.4 Å². The lowest BCUT2D eigenvalue weighted by Gasteiger charge is -2.16. The molecule has 0 unspecified atom stereocenters. The Bertz CT molecular complexity index is 1280. The van der Waals surface area contributed by atoms with Gasteiger partial charge in [0.2, 0.25) is 5.65 Å². The lowest BCUT2D eigenvalue weighted by molar-refractivity contribution is 0.102. The summed E-state index contributed by atoms with van der Waals surface area (Å²) < 4.78 is 1.82. The number of carbonyl (C=O) groups is 1. The quantitative estimate of drug-likeness (QED) is 0.374. The second-order valence-electron chi connectivity index (χ2n) is 8.25. The van der Waals surface area contributed by atoms with Crippen LogP contribution in [0.4, 0.5) is 17.3 Å². The SMILES string of the molecule is CCn1cc2ncc(N[C@@H](C)c3cccc(NC(=O)c4ccc(NC5CC5)nc4)c3)nc2n1. The number of nitrogens with zero attached hydrogens (tertiary/aromatic N) is 5. The normalized spacial score (nSPS) is 14.1. The van der Waals surface area contributed by atoms with Crippen LogP contribution in [0.5, 0.6) is 0 Å². The van der Waals surface area contributed by atoms with Crippen molar-refractivity contribution in [1.29, 1.82) is 0 Å². The lowest BCUT2D eigenvalue weighted by Crippen LogP contribution is -2.14. The molecule has 33 heavy (non-hydrogen) atoms. The van der Waals surface area contributed by atoms with Crippen molar-refractivity contribution in [2.24, 2.45) is 0 Å². The van der Waals surface area contributed by atoms with Gasteiger partial charge < -0.3 is 16.0 Å². The number of aryl methyl sites for hydroxylation is 1. The number of hydrogen-bond donors (Lipinski definition) is 3. The van der Waals surface area contributed by atoms with Crippen LogP contribution in [-0.2, 0) is 6.54 Å². The maximum atomic E-state index is 12.7. The monoisotopic (exact) mass is 442 g/mol. The minimum Gasteiger partial charge on any atom is -0.367 e. The van der Waals surface area contributed by atoms with Crippen LogP contribution in [0.2, 0.25) is 0 Å². The smallest absolute Gasteiger partial charge is 0.257 e. The van der Waals surface area contributed by atoms with Crippen LogP contribution in [0.3, 0.4) is 0 Å².